The molecule has 1 aromatic heterocycles. The van der Waals surface area contributed by atoms with Gasteiger partial charge in [0.25, 0.3) is 11.5 Å². The second-order valence-corrected chi connectivity index (χ2v) is 4.92. The molecule has 0 aliphatic heterocycles. The maximum Gasteiger partial charge on any atom is 0.263 e. The summed E-state index contributed by atoms with van der Waals surface area (Å²) in [6.45, 7) is 8.48. The van der Waals surface area contributed by atoms with Crippen LogP contribution in [-0.2, 0) is 11.3 Å². The zero-order valence-electron chi connectivity index (χ0n) is 13.1. The van der Waals surface area contributed by atoms with E-state index in [4.69, 9.17) is 4.74 Å². The Bertz CT molecular complexity index is 551. The number of ether oxygens (including phenoxy) is 1. The van der Waals surface area contributed by atoms with Crippen LogP contribution < -0.4 is 10.9 Å². The molecule has 6 nitrogen and oxygen atoms in total. The van der Waals surface area contributed by atoms with Gasteiger partial charge in [0, 0.05) is 25.4 Å². The monoisotopic (exact) mass is 296 g/mol. The standard InChI is InChI=1S/C15H24N2O4/c1-5-17-11(4)7-10(3)13(15(17)20)14(19)16-8-12(18)9-21-6-2/h7,12,18H,5-6,8-9H2,1-4H3,(H,16,19). The van der Waals surface area contributed by atoms with Crippen LogP contribution in [0.1, 0.15) is 35.5 Å². The number of aryl methyl sites for hydroxylation is 2. The highest BCUT2D eigenvalue weighted by molar-refractivity contribution is 5.95. The van der Waals surface area contributed by atoms with E-state index in [-0.39, 0.29) is 24.3 Å². The fourth-order valence-corrected chi connectivity index (χ4v) is 2.21. The molecular weight excluding hydrogens is 272 g/mol. The molecule has 118 valence electrons. The Kier molecular flexibility index (Phi) is 6.58. The molecule has 0 bridgehead atoms. The van der Waals surface area contributed by atoms with Crippen molar-refractivity contribution in [1.82, 2.24) is 9.88 Å². The summed E-state index contributed by atoms with van der Waals surface area (Å²) in [6.07, 6.45) is -0.784. The fourth-order valence-electron chi connectivity index (χ4n) is 2.21. The number of carbonyl (C=O) groups is 1. The number of aromatic nitrogens is 1. The molecule has 1 aromatic rings. The van der Waals surface area contributed by atoms with Gasteiger partial charge in [-0.15, -0.1) is 0 Å². The van der Waals surface area contributed by atoms with Gasteiger partial charge in [0.05, 0.1) is 12.7 Å². The molecule has 0 aromatic carbocycles. The number of aliphatic hydroxyl groups is 1. The van der Waals surface area contributed by atoms with E-state index in [2.05, 4.69) is 5.32 Å². The Labute approximate surface area is 124 Å². The molecule has 0 aliphatic rings. The topological polar surface area (TPSA) is 80.6 Å². The van der Waals surface area contributed by atoms with Crippen LogP contribution in [0.3, 0.4) is 0 Å². The van der Waals surface area contributed by atoms with E-state index in [0.29, 0.717) is 18.7 Å². The minimum atomic E-state index is -0.784. The smallest absolute Gasteiger partial charge is 0.263 e. The Hall–Kier alpha value is -1.66. The van der Waals surface area contributed by atoms with Gasteiger partial charge in [-0.2, -0.15) is 0 Å². The minimum Gasteiger partial charge on any atom is -0.389 e. The molecule has 0 aliphatic carbocycles. The van der Waals surface area contributed by atoms with E-state index >= 15 is 0 Å². The van der Waals surface area contributed by atoms with Gasteiger partial charge in [-0.3, -0.25) is 9.59 Å². The van der Waals surface area contributed by atoms with Gasteiger partial charge in [0.1, 0.15) is 5.56 Å². The maximum absolute atomic E-state index is 12.3. The van der Waals surface area contributed by atoms with E-state index in [1.807, 2.05) is 26.8 Å². The SMILES string of the molecule is CCOCC(O)CNC(=O)c1c(C)cc(C)n(CC)c1=O. The van der Waals surface area contributed by atoms with E-state index in [1.54, 1.807) is 11.5 Å². The molecule has 1 heterocycles. The quantitative estimate of drug-likeness (QED) is 0.772. The van der Waals surface area contributed by atoms with Crippen molar-refractivity contribution < 1.29 is 14.6 Å². The second-order valence-electron chi connectivity index (χ2n) is 4.92. The van der Waals surface area contributed by atoms with Gasteiger partial charge in [0.2, 0.25) is 0 Å². The highest BCUT2D eigenvalue weighted by atomic mass is 16.5. The average Bonchev–Trinajstić information content (AvgIpc) is 2.42. The first kappa shape index (κ1) is 17.4. The lowest BCUT2D eigenvalue weighted by Gasteiger charge is -2.14. The number of amides is 1. The molecule has 6 heteroatoms. The van der Waals surface area contributed by atoms with E-state index < -0.39 is 12.0 Å². The summed E-state index contributed by atoms with van der Waals surface area (Å²) in [4.78, 5) is 24.5. The lowest BCUT2D eigenvalue weighted by Crippen LogP contribution is -2.39. The summed E-state index contributed by atoms with van der Waals surface area (Å²) in [5, 5.41) is 12.2. The molecule has 0 saturated heterocycles. The van der Waals surface area contributed by atoms with Crippen molar-refractivity contribution >= 4 is 5.91 Å². The maximum atomic E-state index is 12.3. The average molecular weight is 296 g/mol. The molecule has 1 amide bonds. The lowest BCUT2D eigenvalue weighted by molar-refractivity contribution is 0.0418. The predicted octanol–water partition coefficient (Wildman–Crippen LogP) is 0.612. The number of hydrogen-bond acceptors (Lipinski definition) is 4. The minimum absolute atomic E-state index is 0.0533. The third-order valence-corrected chi connectivity index (χ3v) is 3.26. The van der Waals surface area contributed by atoms with Gasteiger partial charge < -0.3 is 19.7 Å². The van der Waals surface area contributed by atoms with Gasteiger partial charge in [0.15, 0.2) is 0 Å². The summed E-state index contributed by atoms with van der Waals surface area (Å²) in [5.41, 5.74) is 1.30. The number of nitrogens with one attached hydrogen (secondary N) is 1. The van der Waals surface area contributed by atoms with Crippen LogP contribution in [0.25, 0.3) is 0 Å². The Balaban J connectivity index is 2.86. The van der Waals surface area contributed by atoms with Gasteiger partial charge >= 0.3 is 0 Å². The molecule has 1 atom stereocenters. The Morgan fingerprint density at radius 1 is 1.43 bits per heavy atom. The zero-order valence-corrected chi connectivity index (χ0v) is 13.1. The van der Waals surface area contributed by atoms with E-state index in [9.17, 15) is 14.7 Å². The molecule has 0 radical (unpaired) electrons. The predicted molar refractivity (Wildman–Crippen MR) is 80.7 cm³/mol. The van der Waals surface area contributed by atoms with Crippen LogP contribution in [0.2, 0.25) is 0 Å². The number of hydrogen-bond donors (Lipinski definition) is 2. The first-order chi connectivity index (χ1) is 9.92. The molecule has 0 fully saturated rings. The first-order valence-corrected chi connectivity index (χ1v) is 7.17. The normalized spacial score (nSPS) is 12.2. The largest absolute Gasteiger partial charge is 0.389 e. The van der Waals surface area contributed by atoms with Crippen molar-refractivity contribution in [3.05, 3.63) is 33.2 Å². The van der Waals surface area contributed by atoms with Crippen LogP contribution in [0.5, 0.6) is 0 Å². The van der Waals surface area contributed by atoms with Crippen LogP contribution in [0.15, 0.2) is 10.9 Å². The van der Waals surface area contributed by atoms with Crippen molar-refractivity contribution in [3.8, 4) is 0 Å². The number of carbonyl (C=O) groups excluding carboxylic acids is 1. The van der Waals surface area contributed by atoms with Gasteiger partial charge in [-0.25, -0.2) is 0 Å². The van der Waals surface area contributed by atoms with Crippen molar-refractivity contribution in [2.24, 2.45) is 0 Å². The molecule has 0 spiro atoms. The van der Waals surface area contributed by atoms with Crippen molar-refractivity contribution in [2.45, 2.75) is 40.3 Å². The highest BCUT2D eigenvalue weighted by Crippen LogP contribution is 2.06. The highest BCUT2D eigenvalue weighted by Gasteiger charge is 2.17. The van der Waals surface area contributed by atoms with Crippen LogP contribution in [0.4, 0.5) is 0 Å². The van der Waals surface area contributed by atoms with Gasteiger partial charge in [-0.05, 0) is 39.3 Å². The molecule has 21 heavy (non-hydrogen) atoms. The summed E-state index contributed by atoms with van der Waals surface area (Å²) < 4.78 is 6.62. The Morgan fingerprint density at radius 2 is 2.10 bits per heavy atom. The van der Waals surface area contributed by atoms with E-state index in [0.717, 1.165) is 5.69 Å². The number of aliphatic hydroxyl groups excluding tert-OH is 1. The van der Waals surface area contributed by atoms with Crippen molar-refractivity contribution in [1.29, 1.82) is 0 Å². The number of rotatable bonds is 7. The molecule has 1 rings (SSSR count). The summed E-state index contributed by atoms with van der Waals surface area (Å²) in [6, 6.07) is 1.82. The number of pyridine rings is 1. The Morgan fingerprint density at radius 3 is 2.67 bits per heavy atom. The molecule has 0 saturated carbocycles. The van der Waals surface area contributed by atoms with Gasteiger partial charge in [-0.1, -0.05) is 0 Å². The fraction of sp³-hybridized carbons (Fsp3) is 0.600. The zero-order chi connectivity index (χ0) is 16.0. The molecular formula is C15H24N2O4. The summed E-state index contributed by atoms with van der Waals surface area (Å²) in [5.74, 6) is -0.463. The van der Waals surface area contributed by atoms with Crippen LogP contribution >= 0.6 is 0 Å². The molecule has 2 N–H and O–H groups in total. The lowest BCUT2D eigenvalue weighted by atomic mass is 10.1. The van der Waals surface area contributed by atoms with Crippen molar-refractivity contribution in [3.63, 3.8) is 0 Å². The van der Waals surface area contributed by atoms with E-state index in [1.165, 1.54) is 0 Å². The third-order valence-electron chi connectivity index (χ3n) is 3.26. The summed E-state index contributed by atoms with van der Waals surface area (Å²) in [7, 11) is 0. The third kappa shape index (κ3) is 4.41. The van der Waals surface area contributed by atoms with Crippen LogP contribution in [-0.4, -0.2) is 41.4 Å². The van der Waals surface area contributed by atoms with Crippen molar-refractivity contribution in [2.75, 3.05) is 19.8 Å². The van der Waals surface area contributed by atoms with Crippen LogP contribution in [0, 0.1) is 13.8 Å². The molecule has 1 unspecified atom stereocenters. The number of nitrogens with zero attached hydrogens (tertiary/aromatic N) is 1. The summed E-state index contributed by atoms with van der Waals surface area (Å²) >= 11 is 0. The first-order valence-electron chi connectivity index (χ1n) is 7.17. The second kappa shape index (κ2) is 7.95.